The predicted octanol–water partition coefficient (Wildman–Crippen LogP) is 5.09. The van der Waals surface area contributed by atoms with Gasteiger partial charge in [-0.05, 0) is 55.8 Å². The Morgan fingerprint density at radius 2 is 1.90 bits per heavy atom. The van der Waals surface area contributed by atoms with E-state index in [4.69, 9.17) is 4.74 Å². The van der Waals surface area contributed by atoms with Crippen molar-refractivity contribution >= 4 is 0 Å². The molecule has 1 aromatic rings. The molecular formula is C19H31NO. The molecule has 0 saturated heterocycles. The first-order chi connectivity index (χ1) is 10.3. The number of ether oxygens (including phenoxy) is 1. The molecule has 1 aliphatic rings. The predicted molar refractivity (Wildman–Crippen MR) is 89.8 cm³/mol. The van der Waals surface area contributed by atoms with Crippen molar-refractivity contribution in [3.63, 3.8) is 0 Å². The quantitative estimate of drug-likeness (QED) is 0.754. The van der Waals surface area contributed by atoms with E-state index in [0.717, 1.165) is 24.6 Å². The average Bonchev–Trinajstić information content (AvgIpc) is 2.54. The van der Waals surface area contributed by atoms with Crippen LogP contribution < -0.4 is 10.1 Å². The van der Waals surface area contributed by atoms with Crippen molar-refractivity contribution in [3.05, 3.63) is 29.8 Å². The Morgan fingerprint density at radius 3 is 2.52 bits per heavy atom. The number of hydrogen-bond acceptors (Lipinski definition) is 2. The van der Waals surface area contributed by atoms with Gasteiger partial charge in [-0.25, -0.2) is 0 Å². The molecule has 0 aliphatic heterocycles. The molecule has 3 atom stereocenters. The summed E-state index contributed by atoms with van der Waals surface area (Å²) in [6, 6.07) is 9.18. The number of benzene rings is 1. The molecular weight excluding hydrogens is 258 g/mol. The Balaban J connectivity index is 1.92. The fourth-order valence-electron chi connectivity index (χ4n) is 3.43. The highest BCUT2D eigenvalue weighted by Gasteiger charge is 2.22. The van der Waals surface area contributed by atoms with Crippen LogP contribution in [0, 0.1) is 5.92 Å². The Labute approximate surface area is 130 Å². The van der Waals surface area contributed by atoms with Crippen LogP contribution in [0.2, 0.25) is 0 Å². The van der Waals surface area contributed by atoms with Gasteiger partial charge in [-0.15, -0.1) is 0 Å². The van der Waals surface area contributed by atoms with Crippen molar-refractivity contribution in [2.45, 2.75) is 71.4 Å². The van der Waals surface area contributed by atoms with Crippen LogP contribution in [0.25, 0.3) is 0 Å². The molecule has 0 heterocycles. The van der Waals surface area contributed by atoms with Crippen LogP contribution >= 0.6 is 0 Å². The maximum atomic E-state index is 6.20. The van der Waals surface area contributed by atoms with Gasteiger partial charge in [0.15, 0.2) is 0 Å². The van der Waals surface area contributed by atoms with Gasteiger partial charge >= 0.3 is 0 Å². The fraction of sp³-hybridized carbons (Fsp3) is 0.684. The SMILES string of the molecule is CCNC(CC)c1ccc(OC2CCCC(CC)C2)cc1. The van der Waals surface area contributed by atoms with Gasteiger partial charge in [0.05, 0.1) is 6.10 Å². The molecule has 0 aromatic heterocycles. The lowest BCUT2D eigenvalue weighted by atomic mass is 9.85. The normalized spacial score (nSPS) is 23.8. The van der Waals surface area contributed by atoms with Gasteiger partial charge in [0, 0.05) is 6.04 Å². The summed E-state index contributed by atoms with van der Waals surface area (Å²) in [7, 11) is 0. The van der Waals surface area contributed by atoms with E-state index in [1.165, 1.54) is 37.7 Å². The van der Waals surface area contributed by atoms with Crippen LogP contribution in [-0.2, 0) is 0 Å². The number of hydrogen-bond donors (Lipinski definition) is 1. The summed E-state index contributed by atoms with van der Waals surface area (Å²) >= 11 is 0. The minimum atomic E-state index is 0.422. The van der Waals surface area contributed by atoms with E-state index in [1.807, 2.05) is 0 Å². The fourth-order valence-corrected chi connectivity index (χ4v) is 3.43. The van der Waals surface area contributed by atoms with E-state index in [-0.39, 0.29) is 0 Å². The second-order valence-corrected chi connectivity index (χ2v) is 6.27. The highest BCUT2D eigenvalue weighted by molar-refractivity contribution is 5.29. The highest BCUT2D eigenvalue weighted by atomic mass is 16.5. The van der Waals surface area contributed by atoms with E-state index in [9.17, 15) is 0 Å². The summed E-state index contributed by atoms with van der Waals surface area (Å²) in [5, 5.41) is 3.52. The smallest absolute Gasteiger partial charge is 0.119 e. The molecule has 21 heavy (non-hydrogen) atoms. The summed E-state index contributed by atoms with van der Waals surface area (Å²) < 4.78 is 6.20. The zero-order valence-corrected chi connectivity index (χ0v) is 13.9. The summed E-state index contributed by atoms with van der Waals surface area (Å²) in [6.07, 6.45) is 7.98. The Kier molecular flexibility index (Phi) is 6.56. The monoisotopic (exact) mass is 289 g/mol. The number of rotatable bonds is 7. The van der Waals surface area contributed by atoms with Gasteiger partial charge in [-0.1, -0.05) is 45.7 Å². The van der Waals surface area contributed by atoms with Crippen LogP contribution in [0.4, 0.5) is 0 Å². The summed E-state index contributed by atoms with van der Waals surface area (Å²) in [4.78, 5) is 0. The van der Waals surface area contributed by atoms with E-state index in [0.29, 0.717) is 12.1 Å². The highest BCUT2D eigenvalue weighted by Crippen LogP contribution is 2.30. The van der Waals surface area contributed by atoms with Gasteiger partial charge in [0.25, 0.3) is 0 Å². The molecule has 1 saturated carbocycles. The van der Waals surface area contributed by atoms with Crippen molar-refractivity contribution in [1.82, 2.24) is 5.32 Å². The van der Waals surface area contributed by atoms with Crippen LogP contribution in [0.1, 0.15) is 70.9 Å². The molecule has 2 nitrogen and oxygen atoms in total. The standard InChI is InChI=1S/C19H31NO/c1-4-15-8-7-9-18(14-15)21-17-12-10-16(11-13-17)19(5-2)20-6-3/h10-13,15,18-20H,4-9,14H2,1-3H3. The van der Waals surface area contributed by atoms with E-state index >= 15 is 0 Å². The minimum Gasteiger partial charge on any atom is -0.490 e. The molecule has 2 heteroatoms. The van der Waals surface area contributed by atoms with Crippen LogP contribution in [0.3, 0.4) is 0 Å². The van der Waals surface area contributed by atoms with Gasteiger partial charge in [0.1, 0.15) is 5.75 Å². The van der Waals surface area contributed by atoms with E-state index < -0.39 is 0 Å². The summed E-state index contributed by atoms with van der Waals surface area (Å²) in [5.74, 6) is 1.90. The molecule has 3 unspecified atom stereocenters. The van der Waals surface area contributed by atoms with E-state index in [2.05, 4.69) is 50.4 Å². The Bertz CT molecular complexity index is 401. The van der Waals surface area contributed by atoms with Crippen LogP contribution in [0.5, 0.6) is 5.75 Å². The maximum absolute atomic E-state index is 6.20. The molecule has 0 spiro atoms. The first-order valence-corrected chi connectivity index (χ1v) is 8.76. The zero-order chi connectivity index (χ0) is 15.1. The van der Waals surface area contributed by atoms with Gasteiger partial charge in [-0.2, -0.15) is 0 Å². The Hall–Kier alpha value is -1.02. The lowest BCUT2D eigenvalue weighted by Crippen LogP contribution is -2.25. The molecule has 0 radical (unpaired) electrons. The first-order valence-electron chi connectivity index (χ1n) is 8.76. The van der Waals surface area contributed by atoms with Gasteiger partial charge in [0.2, 0.25) is 0 Å². The van der Waals surface area contributed by atoms with Crippen molar-refractivity contribution in [3.8, 4) is 5.75 Å². The molecule has 1 fully saturated rings. The minimum absolute atomic E-state index is 0.422. The van der Waals surface area contributed by atoms with Crippen LogP contribution in [-0.4, -0.2) is 12.6 Å². The maximum Gasteiger partial charge on any atom is 0.119 e. The molecule has 118 valence electrons. The molecule has 1 N–H and O–H groups in total. The number of nitrogens with one attached hydrogen (secondary N) is 1. The average molecular weight is 289 g/mol. The first kappa shape index (κ1) is 16.4. The van der Waals surface area contributed by atoms with Crippen molar-refractivity contribution in [2.24, 2.45) is 5.92 Å². The topological polar surface area (TPSA) is 21.3 Å². The second kappa shape index (κ2) is 8.43. The molecule has 0 amide bonds. The molecule has 1 aliphatic carbocycles. The lowest BCUT2D eigenvalue weighted by molar-refractivity contribution is 0.122. The third kappa shape index (κ3) is 4.74. The summed E-state index contributed by atoms with van der Waals surface area (Å²) in [6.45, 7) is 7.70. The van der Waals surface area contributed by atoms with Gasteiger partial charge in [-0.3, -0.25) is 0 Å². The molecule has 1 aromatic carbocycles. The summed E-state index contributed by atoms with van der Waals surface area (Å²) in [5.41, 5.74) is 1.36. The van der Waals surface area contributed by atoms with Crippen molar-refractivity contribution in [1.29, 1.82) is 0 Å². The largest absolute Gasteiger partial charge is 0.490 e. The van der Waals surface area contributed by atoms with Gasteiger partial charge < -0.3 is 10.1 Å². The third-order valence-corrected chi connectivity index (χ3v) is 4.76. The zero-order valence-electron chi connectivity index (χ0n) is 13.9. The second-order valence-electron chi connectivity index (χ2n) is 6.27. The van der Waals surface area contributed by atoms with Crippen molar-refractivity contribution in [2.75, 3.05) is 6.54 Å². The Morgan fingerprint density at radius 1 is 1.14 bits per heavy atom. The van der Waals surface area contributed by atoms with Crippen molar-refractivity contribution < 1.29 is 4.74 Å². The van der Waals surface area contributed by atoms with Crippen LogP contribution in [0.15, 0.2) is 24.3 Å². The molecule has 2 rings (SSSR count). The van der Waals surface area contributed by atoms with E-state index in [1.54, 1.807) is 0 Å². The molecule has 0 bridgehead atoms. The third-order valence-electron chi connectivity index (χ3n) is 4.76. The lowest BCUT2D eigenvalue weighted by Gasteiger charge is -2.29.